The SMILES string of the molecule is COC(=O)[C@@H]1CCN1c1ccc(C#N)cc1F. The van der Waals surface area contributed by atoms with Crippen molar-refractivity contribution in [3.63, 3.8) is 0 Å². The molecule has 0 spiro atoms. The third-order valence-electron chi connectivity index (χ3n) is 2.88. The van der Waals surface area contributed by atoms with E-state index in [0.29, 0.717) is 18.7 Å². The van der Waals surface area contributed by atoms with Crippen LogP contribution >= 0.6 is 0 Å². The van der Waals surface area contributed by atoms with Gasteiger partial charge in [-0.3, -0.25) is 0 Å². The first-order valence-electron chi connectivity index (χ1n) is 5.21. The van der Waals surface area contributed by atoms with Gasteiger partial charge in [0.1, 0.15) is 11.9 Å². The first-order valence-corrected chi connectivity index (χ1v) is 5.21. The number of nitriles is 1. The first kappa shape index (κ1) is 11.4. The summed E-state index contributed by atoms with van der Waals surface area (Å²) >= 11 is 0. The molecule has 5 heteroatoms. The number of halogens is 1. The van der Waals surface area contributed by atoms with Crippen molar-refractivity contribution in [2.45, 2.75) is 12.5 Å². The Kier molecular flexibility index (Phi) is 2.96. The lowest BCUT2D eigenvalue weighted by Gasteiger charge is -2.40. The predicted molar refractivity (Wildman–Crippen MR) is 58.9 cm³/mol. The molecule has 1 aliphatic rings. The average Bonchev–Trinajstić information content (AvgIpc) is 2.30. The highest BCUT2D eigenvalue weighted by Gasteiger charge is 2.36. The maximum absolute atomic E-state index is 13.7. The van der Waals surface area contributed by atoms with Crippen LogP contribution in [0.25, 0.3) is 0 Å². The lowest BCUT2D eigenvalue weighted by atomic mass is 10.0. The Hall–Kier alpha value is -2.09. The molecule has 2 rings (SSSR count). The standard InChI is InChI=1S/C12H11FN2O2/c1-17-12(16)11-4-5-15(11)10-3-2-8(7-14)6-9(10)13/h2-3,6,11H,4-5H2,1H3/t11-/m0/s1. The van der Waals surface area contributed by atoms with Crippen molar-refractivity contribution in [2.75, 3.05) is 18.6 Å². The van der Waals surface area contributed by atoms with Crippen molar-refractivity contribution in [1.29, 1.82) is 5.26 Å². The number of nitrogens with zero attached hydrogens (tertiary/aromatic N) is 2. The highest BCUT2D eigenvalue weighted by atomic mass is 19.1. The molecule has 0 radical (unpaired) electrons. The molecule has 17 heavy (non-hydrogen) atoms. The van der Waals surface area contributed by atoms with Crippen molar-refractivity contribution >= 4 is 11.7 Å². The number of hydrogen-bond donors (Lipinski definition) is 0. The molecule has 4 nitrogen and oxygen atoms in total. The van der Waals surface area contributed by atoms with E-state index >= 15 is 0 Å². The number of benzene rings is 1. The molecule has 88 valence electrons. The summed E-state index contributed by atoms with van der Waals surface area (Å²) in [6.45, 7) is 0.614. The monoisotopic (exact) mass is 234 g/mol. The average molecular weight is 234 g/mol. The second kappa shape index (κ2) is 4.42. The number of carbonyl (C=O) groups is 1. The molecule has 0 aromatic heterocycles. The molecule has 1 heterocycles. The van der Waals surface area contributed by atoms with Crippen molar-refractivity contribution in [2.24, 2.45) is 0 Å². The van der Waals surface area contributed by atoms with Gasteiger partial charge in [0.05, 0.1) is 24.4 Å². The Balaban J connectivity index is 2.24. The van der Waals surface area contributed by atoms with Crippen LogP contribution in [0.4, 0.5) is 10.1 Å². The van der Waals surface area contributed by atoms with Gasteiger partial charge in [-0.2, -0.15) is 5.26 Å². The largest absolute Gasteiger partial charge is 0.467 e. The third kappa shape index (κ3) is 1.94. The fourth-order valence-corrected chi connectivity index (χ4v) is 1.87. The van der Waals surface area contributed by atoms with E-state index in [1.165, 1.54) is 25.3 Å². The zero-order chi connectivity index (χ0) is 12.4. The molecule has 0 amide bonds. The van der Waals surface area contributed by atoms with E-state index < -0.39 is 11.9 Å². The number of rotatable bonds is 2. The van der Waals surface area contributed by atoms with Crippen LogP contribution in [-0.2, 0) is 9.53 Å². The van der Waals surface area contributed by atoms with Crippen LogP contribution in [-0.4, -0.2) is 25.7 Å². The number of ether oxygens (including phenoxy) is 1. The molecule has 0 bridgehead atoms. The van der Waals surface area contributed by atoms with Crippen LogP contribution in [0.5, 0.6) is 0 Å². The summed E-state index contributed by atoms with van der Waals surface area (Å²) in [5, 5.41) is 8.64. The smallest absolute Gasteiger partial charge is 0.328 e. The molecule has 0 N–H and O–H groups in total. The minimum absolute atomic E-state index is 0.265. The third-order valence-corrected chi connectivity index (χ3v) is 2.88. The Morgan fingerprint density at radius 2 is 2.41 bits per heavy atom. The minimum atomic E-state index is -0.488. The molecular weight excluding hydrogens is 223 g/mol. The maximum atomic E-state index is 13.7. The number of anilines is 1. The zero-order valence-electron chi connectivity index (χ0n) is 9.31. The number of methoxy groups -OCH3 is 1. The molecule has 1 atom stereocenters. The summed E-state index contributed by atoms with van der Waals surface area (Å²) in [5.41, 5.74) is 0.604. The summed E-state index contributed by atoms with van der Waals surface area (Å²) in [7, 11) is 1.31. The number of hydrogen-bond acceptors (Lipinski definition) is 4. The van der Waals surface area contributed by atoms with Crippen molar-refractivity contribution in [1.82, 2.24) is 0 Å². The zero-order valence-corrected chi connectivity index (χ0v) is 9.31. The Labute approximate surface area is 98.2 Å². The summed E-state index contributed by atoms with van der Waals surface area (Å²) in [4.78, 5) is 13.0. The van der Waals surface area contributed by atoms with Gasteiger partial charge in [-0.25, -0.2) is 9.18 Å². The molecule has 1 saturated heterocycles. The lowest BCUT2D eigenvalue weighted by Crippen LogP contribution is -2.53. The van der Waals surface area contributed by atoms with Crippen LogP contribution < -0.4 is 4.90 Å². The summed E-state index contributed by atoms with van der Waals surface area (Å²) in [6.07, 6.45) is 0.659. The van der Waals surface area contributed by atoms with Gasteiger partial charge >= 0.3 is 5.97 Å². The van der Waals surface area contributed by atoms with Crippen molar-refractivity contribution in [3.05, 3.63) is 29.6 Å². The molecule has 0 aliphatic carbocycles. The second-order valence-corrected chi connectivity index (χ2v) is 3.80. The summed E-state index contributed by atoms with van der Waals surface area (Å²) in [5.74, 6) is -0.849. The minimum Gasteiger partial charge on any atom is -0.467 e. The number of esters is 1. The van der Waals surface area contributed by atoms with Crippen LogP contribution in [0, 0.1) is 17.1 Å². The summed E-state index contributed by atoms with van der Waals surface area (Å²) < 4.78 is 18.3. The van der Waals surface area contributed by atoms with Gasteiger partial charge in [0.25, 0.3) is 0 Å². The van der Waals surface area contributed by atoms with E-state index in [4.69, 9.17) is 5.26 Å². The predicted octanol–water partition coefficient (Wildman–Crippen LogP) is 1.45. The van der Waals surface area contributed by atoms with E-state index in [1.54, 1.807) is 4.90 Å². The van der Waals surface area contributed by atoms with Gasteiger partial charge in [-0.1, -0.05) is 0 Å². The molecule has 0 unspecified atom stereocenters. The van der Waals surface area contributed by atoms with Gasteiger partial charge in [0.2, 0.25) is 0 Å². The van der Waals surface area contributed by atoms with E-state index in [0.717, 1.165) is 0 Å². The normalized spacial score (nSPS) is 18.2. The fourth-order valence-electron chi connectivity index (χ4n) is 1.87. The molecule has 1 aliphatic heterocycles. The van der Waals surface area contributed by atoms with Crippen LogP contribution in [0.3, 0.4) is 0 Å². The highest BCUT2D eigenvalue weighted by molar-refractivity contribution is 5.82. The molecule has 1 aromatic rings. The molecular formula is C12H11FN2O2. The van der Waals surface area contributed by atoms with Crippen LogP contribution in [0.2, 0.25) is 0 Å². The topological polar surface area (TPSA) is 53.3 Å². The Bertz CT molecular complexity index is 496. The van der Waals surface area contributed by atoms with Gasteiger partial charge in [0, 0.05) is 6.54 Å². The fraction of sp³-hybridized carbons (Fsp3) is 0.333. The van der Waals surface area contributed by atoms with Gasteiger partial charge in [-0.05, 0) is 24.6 Å². The summed E-state index contributed by atoms with van der Waals surface area (Å²) in [6, 6.07) is 5.67. The maximum Gasteiger partial charge on any atom is 0.328 e. The van der Waals surface area contributed by atoms with E-state index in [-0.39, 0.29) is 11.5 Å². The van der Waals surface area contributed by atoms with E-state index in [2.05, 4.69) is 4.74 Å². The van der Waals surface area contributed by atoms with Gasteiger partial charge < -0.3 is 9.64 Å². The van der Waals surface area contributed by atoms with Crippen molar-refractivity contribution in [3.8, 4) is 6.07 Å². The number of carbonyl (C=O) groups excluding carboxylic acids is 1. The Morgan fingerprint density at radius 3 is 2.88 bits per heavy atom. The first-order chi connectivity index (χ1) is 8.17. The quantitative estimate of drug-likeness (QED) is 0.727. The lowest BCUT2D eigenvalue weighted by molar-refractivity contribution is -0.143. The van der Waals surface area contributed by atoms with Crippen molar-refractivity contribution < 1.29 is 13.9 Å². The van der Waals surface area contributed by atoms with Gasteiger partial charge in [-0.15, -0.1) is 0 Å². The highest BCUT2D eigenvalue weighted by Crippen LogP contribution is 2.29. The molecule has 0 saturated carbocycles. The van der Waals surface area contributed by atoms with Gasteiger partial charge in [0.15, 0.2) is 0 Å². The van der Waals surface area contributed by atoms with E-state index in [1.807, 2.05) is 6.07 Å². The van der Waals surface area contributed by atoms with Crippen LogP contribution in [0.1, 0.15) is 12.0 Å². The Morgan fingerprint density at radius 1 is 1.65 bits per heavy atom. The second-order valence-electron chi connectivity index (χ2n) is 3.80. The molecule has 1 fully saturated rings. The van der Waals surface area contributed by atoms with Crippen LogP contribution in [0.15, 0.2) is 18.2 Å². The molecule has 1 aromatic carbocycles. The van der Waals surface area contributed by atoms with E-state index in [9.17, 15) is 9.18 Å².